The summed E-state index contributed by atoms with van der Waals surface area (Å²) in [5, 5.41) is 0.161. The summed E-state index contributed by atoms with van der Waals surface area (Å²) in [6.07, 6.45) is 1.37. The summed E-state index contributed by atoms with van der Waals surface area (Å²) in [7, 11) is -3.89. The zero-order valence-corrected chi connectivity index (χ0v) is 13.7. The van der Waals surface area contributed by atoms with E-state index in [2.05, 4.69) is 4.72 Å². The highest BCUT2D eigenvalue weighted by atomic mass is 35.5. The third-order valence-corrected chi connectivity index (χ3v) is 5.11. The maximum absolute atomic E-state index is 13.7. The second-order valence-corrected chi connectivity index (χ2v) is 7.24. The Kier molecular flexibility index (Phi) is 5.56. The van der Waals surface area contributed by atoms with Gasteiger partial charge in [0.25, 0.3) is 0 Å². The molecule has 0 aliphatic rings. The SMILES string of the molecule is CC(CCc1ccccc1)NS(=O)(=O)c1ccc(Cl)cc1F. The minimum Gasteiger partial charge on any atom is -0.208 e. The Morgan fingerprint density at radius 3 is 2.50 bits per heavy atom. The van der Waals surface area contributed by atoms with Crippen molar-refractivity contribution in [3.8, 4) is 0 Å². The van der Waals surface area contributed by atoms with E-state index in [4.69, 9.17) is 11.6 Å². The molecular formula is C16H17ClFNO2S. The molecule has 22 heavy (non-hydrogen) atoms. The van der Waals surface area contributed by atoms with E-state index >= 15 is 0 Å². The second-order valence-electron chi connectivity index (χ2n) is 5.12. The van der Waals surface area contributed by atoms with Gasteiger partial charge in [-0.2, -0.15) is 0 Å². The molecule has 0 spiro atoms. The van der Waals surface area contributed by atoms with Crippen LogP contribution in [0.5, 0.6) is 0 Å². The number of benzene rings is 2. The fourth-order valence-electron chi connectivity index (χ4n) is 2.11. The van der Waals surface area contributed by atoms with Crippen LogP contribution in [0.3, 0.4) is 0 Å². The Balaban J connectivity index is 2.02. The lowest BCUT2D eigenvalue weighted by Gasteiger charge is -2.14. The highest BCUT2D eigenvalue weighted by Crippen LogP contribution is 2.19. The average molecular weight is 342 g/mol. The first-order valence-corrected chi connectivity index (χ1v) is 8.76. The predicted octanol–water partition coefficient (Wildman–Crippen LogP) is 3.78. The molecule has 0 aliphatic heterocycles. The van der Waals surface area contributed by atoms with Crippen molar-refractivity contribution in [3.63, 3.8) is 0 Å². The quantitative estimate of drug-likeness (QED) is 0.869. The van der Waals surface area contributed by atoms with E-state index in [1.807, 2.05) is 30.3 Å². The molecule has 0 saturated heterocycles. The molecule has 0 heterocycles. The Bertz CT molecular complexity index is 735. The molecule has 0 bridgehead atoms. The van der Waals surface area contributed by atoms with E-state index in [0.29, 0.717) is 6.42 Å². The Morgan fingerprint density at radius 2 is 1.86 bits per heavy atom. The van der Waals surface area contributed by atoms with Crippen LogP contribution in [0.1, 0.15) is 18.9 Å². The molecular weight excluding hydrogens is 325 g/mol. The van der Waals surface area contributed by atoms with Crippen LogP contribution in [-0.4, -0.2) is 14.5 Å². The first kappa shape index (κ1) is 16.9. The van der Waals surface area contributed by atoms with Gasteiger partial charge in [-0.3, -0.25) is 0 Å². The molecule has 0 aliphatic carbocycles. The van der Waals surface area contributed by atoms with Crippen LogP contribution in [0.2, 0.25) is 5.02 Å². The molecule has 3 nitrogen and oxygen atoms in total. The van der Waals surface area contributed by atoms with Gasteiger partial charge in [0.15, 0.2) is 0 Å². The van der Waals surface area contributed by atoms with Gasteiger partial charge in [-0.05, 0) is 43.5 Å². The van der Waals surface area contributed by atoms with Crippen molar-refractivity contribution in [2.45, 2.75) is 30.7 Å². The molecule has 2 rings (SSSR count). The van der Waals surface area contributed by atoms with E-state index in [1.165, 1.54) is 12.1 Å². The maximum Gasteiger partial charge on any atom is 0.243 e. The van der Waals surface area contributed by atoms with Gasteiger partial charge >= 0.3 is 0 Å². The molecule has 6 heteroatoms. The molecule has 118 valence electrons. The Morgan fingerprint density at radius 1 is 1.18 bits per heavy atom. The number of nitrogens with one attached hydrogen (secondary N) is 1. The molecule has 1 N–H and O–H groups in total. The van der Waals surface area contributed by atoms with E-state index in [1.54, 1.807) is 6.92 Å². The minimum absolute atomic E-state index is 0.161. The van der Waals surface area contributed by atoms with E-state index in [-0.39, 0.29) is 16.0 Å². The summed E-state index contributed by atoms with van der Waals surface area (Å²) in [4.78, 5) is -0.386. The zero-order valence-electron chi connectivity index (χ0n) is 12.1. The van der Waals surface area contributed by atoms with Crippen LogP contribution < -0.4 is 4.72 Å². The van der Waals surface area contributed by atoms with Crippen molar-refractivity contribution in [3.05, 3.63) is 64.9 Å². The van der Waals surface area contributed by atoms with E-state index in [9.17, 15) is 12.8 Å². The van der Waals surface area contributed by atoms with Gasteiger partial charge in [-0.1, -0.05) is 41.9 Å². The third kappa shape index (κ3) is 4.53. The summed E-state index contributed by atoms with van der Waals surface area (Å²) in [5.74, 6) is -0.852. The summed E-state index contributed by atoms with van der Waals surface area (Å²) in [6, 6.07) is 13.0. The normalized spacial score (nSPS) is 13.0. The topological polar surface area (TPSA) is 46.2 Å². The van der Waals surface area contributed by atoms with Crippen molar-refractivity contribution < 1.29 is 12.8 Å². The van der Waals surface area contributed by atoms with Crippen molar-refractivity contribution >= 4 is 21.6 Å². The summed E-state index contributed by atoms with van der Waals surface area (Å²) in [5.41, 5.74) is 1.13. The Hall–Kier alpha value is -1.43. The molecule has 2 aromatic carbocycles. The van der Waals surface area contributed by atoms with Gasteiger partial charge < -0.3 is 0 Å². The lowest BCUT2D eigenvalue weighted by atomic mass is 10.1. The van der Waals surface area contributed by atoms with Crippen LogP contribution in [0.25, 0.3) is 0 Å². The third-order valence-electron chi connectivity index (χ3n) is 3.25. The van der Waals surface area contributed by atoms with Gasteiger partial charge in [0.1, 0.15) is 10.7 Å². The second kappa shape index (κ2) is 7.22. The highest BCUT2D eigenvalue weighted by molar-refractivity contribution is 7.89. The smallest absolute Gasteiger partial charge is 0.208 e. The van der Waals surface area contributed by atoms with E-state index < -0.39 is 15.8 Å². The first-order chi connectivity index (χ1) is 10.4. The highest BCUT2D eigenvalue weighted by Gasteiger charge is 2.21. The summed E-state index contributed by atoms with van der Waals surface area (Å²) >= 11 is 5.64. The molecule has 0 fully saturated rings. The number of hydrogen-bond acceptors (Lipinski definition) is 2. The lowest BCUT2D eigenvalue weighted by molar-refractivity contribution is 0.533. The minimum atomic E-state index is -3.89. The van der Waals surface area contributed by atoms with Gasteiger partial charge in [-0.25, -0.2) is 17.5 Å². The molecule has 0 aromatic heterocycles. The maximum atomic E-state index is 13.7. The fraction of sp³-hybridized carbons (Fsp3) is 0.250. The predicted molar refractivity (Wildman–Crippen MR) is 86.0 cm³/mol. The van der Waals surface area contributed by atoms with E-state index in [0.717, 1.165) is 18.1 Å². The van der Waals surface area contributed by atoms with Crippen molar-refractivity contribution in [2.75, 3.05) is 0 Å². The van der Waals surface area contributed by atoms with Gasteiger partial charge in [-0.15, -0.1) is 0 Å². The number of rotatable bonds is 6. The molecule has 0 saturated carbocycles. The molecule has 1 atom stereocenters. The number of hydrogen-bond donors (Lipinski definition) is 1. The molecule has 0 radical (unpaired) electrons. The summed E-state index contributed by atoms with van der Waals surface area (Å²) < 4.78 is 40.6. The molecule has 2 aromatic rings. The van der Waals surface area contributed by atoms with Crippen molar-refractivity contribution in [1.29, 1.82) is 0 Å². The molecule has 0 amide bonds. The molecule has 1 unspecified atom stereocenters. The largest absolute Gasteiger partial charge is 0.243 e. The number of halogens is 2. The number of aryl methyl sites for hydroxylation is 1. The van der Waals surface area contributed by atoms with Crippen molar-refractivity contribution in [1.82, 2.24) is 4.72 Å². The number of sulfonamides is 1. The summed E-state index contributed by atoms with van der Waals surface area (Å²) in [6.45, 7) is 1.76. The average Bonchev–Trinajstić information content (AvgIpc) is 2.45. The monoisotopic (exact) mass is 341 g/mol. The van der Waals surface area contributed by atoms with Crippen LogP contribution in [0, 0.1) is 5.82 Å². The Labute approximate surface area is 135 Å². The van der Waals surface area contributed by atoms with Crippen LogP contribution >= 0.6 is 11.6 Å². The van der Waals surface area contributed by atoms with Crippen molar-refractivity contribution in [2.24, 2.45) is 0 Å². The van der Waals surface area contributed by atoms with Gasteiger partial charge in [0.05, 0.1) is 0 Å². The first-order valence-electron chi connectivity index (χ1n) is 6.90. The van der Waals surface area contributed by atoms with Gasteiger partial charge in [0, 0.05) is 11.1 Å². The van der Waals surface area contributed by atoms with Crippen LogP contribution in [-0.2, 0) is 16.4 Å². The fourth-order valence-corrected chi connectivity index (χ4v) is 3.60. The lowest BCUT2D eigenvalue weighted by Crippen LogP contribution is -2.33. The van der Waals surface area contributed by atoms with Crippen LogP contribution in [0.4, 0.5) is 4.39 Å². The van der Waals surface area contributed by atoms with Crippen LogP contribution in [0.15, 0.2) is 53.4 Å². The standard InChI is InChI=1S/C16H17ClFNO2S/c1-12(7-8-13-5-3-2-4-6-13)19-22(20,21)16-10-9-14(17)11-15(16)18/h2-6,9-12,19H,7-8H2,1H3. The van der Waals surface area contributed by atoms with Gasteiger partial charge in [0.2, 0.25) is 10.0 Å². The zero-order chi connectivity index (χ0) is 16.2.